The summed E-state index contributed by atoms with van der Waals surface area (Å²) < 4.78 is 0. The molecule has 1 aliphatic carbocycles. The highest BCUT2D eigenvalue weighted by Crippen LogP contribution is 2.26. The summed E-state index contributed by atoms with van der Waals surface area (Å²) >= 11 is 6.15. The molecule has 2 aromatic carbocycles. The van der Waals surface area contributed by atoms with Crippen molar-refractivity contribution in [3.8, 4) is 0 Å². The molecule has 0 bridgehead atoms. The SMILES string of the molecule is Cc1cc(N2CCN(C(=O)CNc3ccc4c(c3)C=CC(=O)C4)C[C@H]2C)ccc1Cl. The topological polar surface area (TPSA) is 52.6 Å². The van der Waals surface area contributed by atoms with E-state index in [9.17, 15) is 9.59 Å². The van der Waals surface area contributed by atoms with E-state index in [1.54, 1.807) is 6.08 Å². The molecule has 6 heteroatoms. The first kappa shape index (κ1) is 20.5. The minimum atomic E-state index is 0.0947. The number of piperazine rings is 1. The summed E-state index contributed by atoms with van der Waals surface area (Å²) in [6, 6.07) is 12.2. The second-order valence-electron chi connectivity index (χ2n) is 8.06. The monoisotopic (exact) mass is 423 g/mol. The van der Waals surface area contributed by atoms with E-state index in [1.165, 1.54) is 0 Å². The summed E-state index contributed by atoms with van der Waals surface area (Å²) in [7, 11) is 0. The zero-order valence-corrected chi connectivity index (χ0v) is 18.1. The Kier molecular flexibility index (Phi) is 5.82. The highest BCUT2D eigenvalue weighted by molar-refractivity contribution is 6.31. The van der Waals surface area contributed by atoms with Crippen LogP contribution < -0.4 is 10.2 Å². The van der Waals surface area contributed by atoms with Gasteiger partial charge in [0.25, 0.3) is 0 Å². The summed E-state index contributed by atoms with van der Waals surface area (Å²) in [6.45, 7) is 6.60. The van der Waals surface area contributed by atoms with Gasteiger partial charge in [0, 0.05) is 48.5 Å². The average Bonchev–Trinajstić information content (AvgIpc) is 2.74. The number of carbonyl (C=O) groups excluding carboxylic acids is 2. The van der Waals surface area contributed by atoms with Crippen molar-refractivity contribution in [3.63, 3.8) is 0 Å². The number of aryl methyl sites for hydroxylation is 1. The van der Waals surface area contributed by atoms with E-state index in [0.717, 1.165) is 39.6 Å². The number of amides is 1. The molecule has 0 saturated carbocycles. The van der Waals surface area contributed by atoms with Gasteiger partial charge in [-0.2, -0.15) is 0 Å². The molecule has 0 aromatic heterocycles. The van der Waals surface area contributed by atoms with Gasteiger partial charge in [-0.3, -0.25) is 9.59 Å². The smallest absolute Gasteiger partial charge is 0.242 e. The highest BCUT2D eigenvalue weighted by Gasteiger charge is 2.27. The molecule has 0 unspecified atom stereocenters. The summed E-state index contributed by atoms with van der Waals surface area (Å²) in [6.07, 6.45) is 3.90. The molecule has 1 heterocycles. The molecule has 4 rings (SSSR count). The van der Waals surface area contributed by atoms with Gasteiger partial charge in [0.05, 0.1) is 6.54 Å². The predicted molar refractivity (Wildman–Crippen MR) is 122 cm³/mol. The molecule has 156 valence electrons. The van der Waals surface area contributed by atoms with Crippen LogP contribution in [0.1, 0.15) is 23.6 Å². The molecule has 0 spiro atoms. The number of halogens is 1. The first-order chi connectivity index (χ1) is 14.4. The molecule has 1 atom stereocenters. The molecule has 30 heavy (non-hydrogen) atoms. The van der Waals surface area contributed by atoms with Crippen LogP contribution in [0.5, 0.6) is 0 Å². The van der Waals surface area contributed by atoms with Crippen LogP contribution in [0.2, 0.25) is 5.02 Å². The Morgan fingerprint density at radius 1 is 1.17 bits per heavy atom. The number of nitrogens with zero attached hydrogens (tertiary/aromatic N) is 2. The minimum Gasteiger partial charge on any atom is -0.376 e. The third-order valence-corrected chi connectivity index (χ3v) is 6.28. The fourth-order valence-corrected chi connectivity index (χ4v) is 4.23. The molecule has 1 N–H and O–H groups in total. The standard InChI is InChI=1S/C24H26ClN3O2/c1-16-11-21(6-8-23(16)25)28-10-9-27(15-17(28)2)24(30)14-26-20-5-3-19-13-22(29)7-4-18(19)12-20/h3-8,11-12,17,26H,9-10,13-15H2,1-2H3/t17-/m1/s1. The van der Waals surface area contributed by atoms with E-state index in [4.69, 9.17) is 11.6 Å². The van der Waals surface area contributed by atoms with Gasteiger partial charge in [0.2, 0.25) is 5.91 Å². The van der Waals surface area contributed by atoms with Crippen LogP contribution in [0.4, 0.5) is 11.4 Å². The second-order valence-corrected chi connectivity index (χ2v) is 8.47. The predicted octanol–water partition coefficient (Wildman–Crippen LogP) is 3.94. The van der Waals surface area contributed by atoms with Crippen molar-refractivity contribution in [1.29, 1.82) is 0 Å². The Hall–Kier alpha value is -2.79. The Balaban J connectivity index is 1.34. The quantitative estimate of drug-likeness (QED) is 0.809. The summed E-state index contributed by atoms with van der Waals surface area (Å²) in [5.74, 6) is 0.220. The molecule has 1 saturated heterocycles. The lowest BCUT2D eigenvalue weighted by Gasteiger charge is -2.41. The van der Waals surface area contributed by atoms with E-state index in [-0.39, 0.29) is 24.3 Å². The fourth-order valence-electron chi connectivity index (χ4n) is 4.12. The van der Waals surface area contributed by atoms with Crippen molar-refractivity contribution in [2.75, 3.05) is 36.4 Å². The van der Waals surface area contributed by atoms with Gasteiger partial charge in [-0.05, 0) is 66.9 Å². The van der Waals surface area contributed by atoms with Crippen molar-refractivity contribution >= 4 is 40.7 Å². The van der Waals surface area contributed by atoms with Gasteiger partial charge in [0.15, 0.2) is 5.78 Å². The first-order valence-electron chi connectivity index (χ1n) is 10.3. The molecule has 0 radical (unpaired) electrons. The molecule has 1 aliphatic heterocycles. The van der Waals surface area contributed by atoms with Crippen molar-refractivity contribution in [2.24, 2.45) is 0 Å². The Labute approximate surface area is 182 Å². The van der Waals surface area contributed by atoms with Crippen molar-refractivity contribution < 1.29 is 9.59 Å². The lowest BCUT2D eigenvalue weighted by molar-refractivity contribution is -0.130. The van der Waals surface area contributed by atoms with Gasteiger partial charge in [-0.15, -0.1) is 0 Å². The molecule has 1 fully saturated rings. The molecule has 2 aliphatic rings. The van der Waals surface area contributed by atoms with Crippen LogP contribution in [0.15, 0.2) is 42.5 Å². The number of nitrogens with one attached hydrogen (secondary N) is 1. The number of fused-ring (bicyclic) bond motifs is 1. The number of hydrogen-bond acceptors (Lipinski definition) is 4. The van der Waals surface area contributed by atoms with Crippen LogP contribution in [-0.4, -0.2) is 48.8 Å². The van der Waals surface area contributed by atoms with Crippen molar-refractivity contribution in [3.05, 3.63) is 64.2 Å². The average molecular weight is 424 g/mol. The Morgan fingerprint density at radius 2 is 2.00 bits per heavy atom. The van der Waals surface area contributed by atoms with Gasteiger partial charge < -0.3 is 15.1 Å². The Bertz CT molecular complexity index is 1020. The van der Waals surface area contributed by atoms with Crippen LogP contribution in [0.25, 0.3) is 6.08 Å². The summed E-state index contributed by atoms with van der Waals surface area (Å²) in [5.41, 5.74) is 5.17. The van der Waals surface area contributed by atoms with Crippen LogP contribution >= 0.6 is 11.6 Å². The zero-order chi connectivity index (χ0) is 21.3. The first-order valence-corrected chi connectivity index (χ1v) is 10.7. The van der Waals surface area contributed by atoms with Gasteiger partial charge >= 0.3 is 0 Å². The third kappa shape index (κ3) is 4.36. The second kappa shape index (κ2) is 8.52. The lowest BCUT2D eigenvalue weighted by atomic mass is 9.96. The van der Waals surface area contributed by atoms with Crippen LogP contribution in [0.3, 0.4) is 0 Å². The number of ketones is 1. The largest absolute Gasteiger partial charge is 0.376 e. The van der Waals surface area contributed by atoms with Crippen LogP contribution in [-0.2, 0) is 16.0 Å². The molecular weight excluding hydrogens is 398 g/mol. The van der Waals surface area contributed by atoms with E-state index < -0.39 is 0 Å². The maximum atomic E-state index is 12.8. The maximum absolute atomic E-state index is 12.8. The van der Waals surface area contributed by atoms with Gasteiger partial charge in [-0.1, -0.05) is 23.7 Å². The number of benzene rings is 2. The van der Waals surface area contributed by atoms with E-state index in [2.05, 4.69) is 23.2 Å². The van der Waals surface area contributed by atoms with E-state index in [1.807, 2.05) is 48.2 Å². The molecule has 5 nitrogen and oxygen atoms in total. The van der Waals surface area contributed by atoms with Crippen molar-refractivity contribution in [2.45, 2.75) is 26.3 Å². The van der Waals surface area contributed by atoms with Gasteiger partial charge in [0.1, 0.15) is 0 Å². The lowest BCUT2D eigenvalue weighted by Crippen LogP contribution is -2.54. The number of carbonyl (C=O) groups is 2. The van der Waals surface area contributed by atoms with E-state index in [0.29, 0.717) is 19.5 Å². The van der Waals surface area contributed by atoms with Gasteiger partial charge in [-0.25, -0.2) is 0 Å². The highest BCUT2D eigenvalue weighted by atomic mass is 35.5. The third-order valence-electron chi connectivity index (χ3n) is 5.86. The maximum Gasteiger partial charge on any atom is 0.242 e. The molecular formula is C24H26ClN3O2. The Morgan fingerprint density at radius 3 is 2.77 bits per heavy atom. The number of allylic oxidation sites excluding steroid dienone is 1. The molecule has 2 aromatic rings. The molecule has 1 amide bonds. The number of rotatable bonds is 4. The summed E-state index contributed by atoms with van der Waals surface area (Å²) in [5, 5.41) is 4.01. The van der Waals surface area contributed by atoms with E-state index >= 15 is 0 Å². The van der Waals surface area contributed by atoms with Crippen LogP contribution in [0, 0.1) is 6.92 Å². The number of anilines is 2. The van der Waals surface area contributed by atoms with Crippen molar-refractivity contribution in [1.82, 2.24) is 4.90 Å². The summed E-state index contributed by atoms with van der Waals surface area (Å²) in [4.78, 5) is 28.5. The zero-order valence-electron chi connectivity index (χ0n) is 17.3. The number of hydrogen-bond donors (Lipinski definition) is 1. The minimum absolute atomic E-state index is 0.0947. The normalized spacial score (nSPS) is 18.4. The fraction of sp³-hybridized carbons (Fsp3) is 0.333.